The average molecular weight is 426 g/mol. The largest absolute Gasteiger partial charge is 0.368 e. The van der Waals surface area contributed by atoms with Crippen LogP contribution in [0, 0.1) is 0 Å². The molecule has 0 aromatic heterocycles. The summed E-state index contributed by atoms with van der Waals surface area (Å²) < 4.78 is 0. The molecule has 1 N–H and O–H groups in total. The van der Waals surface area contributed by atoms with E-state index in [2.05, 4.69) is 10.2 Å². The lowest BCUT2D eigenvalue weighted by Crippen LogP contribution is -2.56. The third kappa shape index (κ3) is 4.33. The minimum Gasteiger partial charge on any atom is -0.368 e. The molecule has 1 aliphatic carbocycles. The van der Waals surface area contributed by atoms with Gasteiger partial charge in [0.2, 0.25) is 0 Å². The van der Waals surface area contributed by atoms with Crippen LogP contribution < -0.4 is 10.2 Å². The molecule has 4 rings (SSSR count). The minimum atomic E-state index is -0.631. The Hall–Kier alpha value is -2.86. The Morgan fingerprint density at radius 1 is 1.03 bits per heavy atom. The van der Waals surface area contributed by atoms with Crippen LogP contribution in [0.3, 0.4) is 0 Å². The number of fused-ring (bicyclic) bond motifs is 1. The molecule has 0 spiro atoms. The van der Waals surface area contributed by atoms with Gasteiger partial charge in [-0.2, -0.15) is 0 Å². The number of Topliss-reactive ketones (excluding diaryl/α,β-unsaturated/α-hetero) is 1. The second-order valence-corrected chi connectivity index (χ2v) is 8.36. The molecule has 2 amide bonds. The Morgan fingerprint density at radius 3 is 2.53 bits per heavy atom. The number of carbonyl (C=O) groups excluding carboxylic acids is 3. The molecular formula is C23H24ClN3O3. The van der Waals surface area contributed by atoms with Crippen molar-refractivity contribution in [3.8, 4) is 0 Å². The number of nitrogens with zero attached hydrogens (tertiary/aromatic N) is 2. The molecule has 0 radical (unpaired) electrons. The summed E-state index contributed by atoms with van der Waals surface area (Å²) in [5.41, 5.74) is 3.71. The Morgan fingerprint density at radius 2 is 1.80 bits per heavy atom. The van der Waals surface area contributed by atoms with Crippen molar-refractivity contribution in [2.45, 2.75) is 32.2 Å². The number of piperazine rings is 1. The normalized spacial score (nSPS) is 18.7. The molecule has 156 valence electrons. The molecule has 0 bridgehead atoms. The number of aryl methyl sites for hydroxylation is 1. The number of rotatable bonds is 2. The van der Waals surface area contributed by atoms with E-state index < -0.39 is 11.8 Å². The first-order valence-corrected chi connectivity index (χ1v) is 10.5. The van der Waals surface area contributed by atoms with Crippen molar-refractivity contribution in [2.24, 2.45) is 0 Å². The van der Waals surface area contributed by atoms with Crippen LogP contribution in [0.2, 0.25) is 5.02 Å². The smallest absolute Gasteiger partial charge is 0.313 e. The molecule has 2 aromatic carbocycles. The predicted molar refractivity (Wildman–Crippen MR) is 117 cm³/mol. The van der Waals surface area contributed by atoms with Crippen LogP contribution in [-0.4, -0.2) is 48.2 Å². The highest BCUT2D eigenvalue weighted by molar-refractivity contribution is 6.39. The number of amides is 2. The van der Waals surface area contributed by atoms with E-state index in [1.165, 1.54) is 0 Å². The van der Waals surface area contributed by atoms with Gasteiger partial charge in [0.1, 0.15) is 5.78 Å². The van der Waals surface area contributed by atoms with Crippen molar-refractivity contribution >= 4 is 40.6 Å². The number of hydrogen-bond acceptors (Lipinski definition) is 4. The second kappa shape index (κ2) is 8.48. The summed E-state index contributed by atoms with van der Waals surface area (Å²) >= 11 is 5.96. The lowest BCUT2D eigenvalue weighted by atomic mass is 9.90. The van der Waals surface area contributed by atoms with E-state index in [1.54, 1.807) is 11.0 Å². The fourth-order valence-electron chi connectivity index (χ4n) is 4.14. The van der Waals surface area contributed by atoms with E-state index in [1.807, 2.05) is 43.3 Å². The monoisotopic (exact) mass is 425 g/mol. The maximum atomic E-state index is 12.8. The molecule has 1 heterocycles. The zero-order valence-corrected chi connectivity index (χ0v) is 17.6. The third-order valence-electron chi connectivity index (χ3n) is 5.80. The first-order valence-electron chi connectivity index (χ1n) is 10.2. The maximum absolute atomic E-state index is 12.8. The lowest BCUT2D eigenvalue weighted by molar-refractivity contribution is -0.144. The molecule has 2 aromatic rings. The van der Waals surface area contributed by atoms with Gasteiger partial charge in [-0.25, -0.2) is 0 Å². The molecule has 30 heavy (non-hydrogen) atoms. The molecule has 1 saturated heterocycles. The van der Waals surface area contributed by atoms with Gasteiger partial charge in [0.15, 0.2) is 0 Å². The summed E-state index contributed by atoms with van der Waals surface area (Å²) in [7, 11) is 0. The predicted octanol–water partition coefficient (Wildman–Crippen LogP) is 3.07. The number of halogens is 1. The number of hydrogen-bond donors (Lipinski definition) is 1. The summed E-state index contributed by atoms with van der Waals surface area (Å²) in [6, 6.07) is 13.0. The fraction of sp³-hybridized carbons (Fsp3) is 0.348. The lowest BCUT2D eigenvalue weighted by Gasteiger charge is -2.40. The Bertz CT molecular complexity index is 990. The molecule has 1 atom stereocenters. The molecule has 2 aliphatic rings. The summed E-state index contributed by atoms with van der Waals surface area (Å²) in [5, 5.41) is 3.41. The number of ketones is 1. The van der Waals surface area contributed by atoms with Gasteiger partial charge >= 0.3 is 11.8 Å². The first-order chi connectivity index (χ1) is 14.4. The molecule has 7 heteroatoms. The van der Waals surface area contributed by atoms with Crippen LogP contribution in [0.4, 0.5) is 11.4 Å². The Kier molecular flexibility index (Phi) is 5.77. The number of carbonyl (C=O) groups is 3. The zero-order valence-electron chi connectivity index (χ0n) is 16.9. The Labute approximate surface area is 180 Å². The van der Waals surface area contributed by atoms with E-state index >= 15 is 0 Å². The summed E-state index contributed by atoms with van der Waals surface area (Å²) in [6.07, 6.45) is 1.65. The minimum absolute atomic E-state index is 0.0952. The average Bonchev–Trinajstić information content (AvgIpc) is 2.74. The SMILES string of the molecule is C[C@@H]1CN(c2ccc(Cl)cc2)CCN1C(=O)C(=O)Nc1ccc2c(c1)CCC(=O)C2. The third-order valence-corrected chi connectivity index (χ3v) is 6.05. The van der Waals surface area contributed by atoms with E-state index in [0.717, 1.165) is 16.8 Å². The Balaban J connectivity index is 1.38. The van der Waals surface area contributed by atoms with Crippen molar-refractivity contribution in [3.63, 3.8) is 0 Å². The van der Waals surface area contributed by atoms with Crippen molar-refractivity contribution < 1.29 is 14.4 Å². The highest BCUT2D eigenvalue weighted by Gasteiger charge is 2.31. The van der Waals surface area contributed by atoms with E-state index in [4.69, 9.17) is 11.6 Å². The van der Waals surface area contributed by atoms with Crippen LogP contribution in [-0.2, 0) is 27.2 Å². The van der Waals surface area contributed by atoms with Gasteiger partial charge < -0.3 is 15.1 Å². The summed E-state index contributed by atoms with van der Waals surface area (Å²) in [5.74, 6) is -0.916. The second-order valence-electron chi connectivity index (χ2n) is 7.92. The van der Waals surface area contributed by atoms with Gasteiger partial charge in [0, 0.05) is 54.9 Å². The molecule has 0 unspecified atom stereocenters. The highest BCUT2D eigenvalue weighted by atomic mass is 35.5. The van der Waals surface area contributed by atoms with Gasteiger partial charge in [-0.15, -0.1) is 0 Å². The van der Waals surface area contributed by atoms with Crippen LogP contribution in [0.1, 0.15) is 24.5 Å². The quantitative estimate of drug-likeness (QED) is 0.751. The van der Waals surface area contributed by atoms with Crippen molar-refractivity contribution in [1.82, 2.24) is 4.90 Å². The topological polar surface area (TPSA) is 69.7 Å². The van der Waals surface area contributed by atoms with Crippen molar-refractivity contribution in [1.29, 1.82) is 0 Å². The first kappa shape index (κ1) is 20.4. The number of anilines is 2. The summed E-state index contributed by atoms with van der Waals surface area (Å²) in [4.78, 5) is 40.7. The van der Waals surface area contributed by atoms with Gasteiger partial charge in [0.05, 0.1) is 0 Å². The van der Waals surface area contributed by atoms with Crippen LogP contribution in [0.15, 0.2) is 42.5 Å². The van der Waals surface area contributed by atoms with Crippen molar-refractivity contribution in [2.75, 3.05) is 29.9 Å². The molecule has 1 fully saturated rings. The van der Waals surface area contributed by atoms with E-state index in [0.29, 0.717) is 49.6 Å². The fourth-order valence-corrected chi connectivity index (χ4v) is 4.27. The molecule has 6 nitrogen and oxygen atoms in total. The van der Waals surface area contributed by atoms with Gasteiger partial charge in [0.25, 0.3) is 0 Å². The molecular weight excluding hydrogens is 402 g/mol. The maximum Gasteiger partial charge on any atom is 0.313 e. The van der Waals surface area contributed by atoms with Gasteiger partial charge in [-0.3, -0.25) is 14.4 Å². The molecule has 0 saturated carbocycles. The van der Waals surface area contributed by atoms with Crippen LogP contribution in [0.25, 0.3) is 0 Å². The van der Waals surface area contributed by atoms with Crippen LogP contribution >= 0.6 is 11.6 Å². The zero-order chi connectivity index (χ0) is 21.3. The van der Waals surface area contributed by atoms with E-state index in [-0.39, 0.29) is 11.8 Å². The van der Waals surface area contributed by atoms with Crippen molar-refractivity contribution in [3.05, 3.63) is 58.6 Å². The standard InChI is InChI=1S/C23H24ClN3O3/c1-15-14-26(20-7-4-18(24)5-8-20)10-11-27(15)23(30)22(29)25-19-6-2-17-13-21(28)9-3-16(17)12-19/h2,4-8,12,15H,3,9-11,13-14H2,1H3,(H,25,29)/t15-/m1/s1. The molecule has 1 aliphatic heterocycles. The van der Waals surface area contributed by atoms with E-state index in [9.17, 15) is 14.4 Å². The van der Waals surface area contributed by atoms with Gasteiger partial charge in [-0.05, 0) is 60.9 Å². The summed E-state index contributed by atoms with van der Waals surface area (Å²) in [6.45, 7) is 3.72. The highest BCUT2D eigenvalue weighted by Crippen LogP contribution is 2.24. The van der Waals surface area contributed by atoms with Gasteiger partial charge in [-0.1, -0.05) is 17.7 Å². The number of benzene rings is 2. The number of nitrogens with one attached hydrogen (secondary N) is 1. The van der Waals surface area contributed by atoms with Crippen LogP contribution in [0.5, 0.6) is 0 Å².